The second kappa shape index (κ2) is 34.1. The van der Waals surface area contributed by atoms with Crippen molar-refractivity contribution in [2.24, 2.45) is 0 Å². The lowest BCUT2D eigenvalue weighted by Gasteiger charge is -2.22. The van der Waals surface area contributed by atoms with Gasteiger partial charge in [-0.05, 0) is 57.8 Å². The van der Waals surface area contributed by atoms with Crippen molar-refractivity contribution >= 4 is 13.7 Å². The molecule has 4 N–H and O–H groups in total. The lowest BCUT2D eigenvalue weighted by Crippen LogP contribution is -2.45. The minimum atomic E-state index is -4.72. The van der Waals surface area contributed by atoms with Crippen LogP contribution in [0.3, 0.4) is 0 Å². The average Bonchev–Trinajstić information content (AvgIpc) is 3.04. The molecule has 0 saturated heterocycles. The van der Waals surface area contributed by atoms with Gasteiger partial charge in [0.15, 0.2) is 0 Å². The summed E-state index contributed by atoms with van der Waals surface area (Å²) in [6, 6.07) is -0.939. The molecule has 8 heteroatoms. The first-order chi connectivity index (χ1) is 22.8. The van der Waals surface area contributed by atoms with Crippen molar-refractivity contribution in [1.29, 1.82) is 0 Å². The molecule has 0 aromatic heterocycles. The Balaban J connectivity index is 4.13. The van der Waals surface area contributed by atoms with Crippen molar-refractivity contribution in [2.45, 2.75) is 174 Å². The summed E-state index contributed by atoms with van der Waals surface area (Å²) in [7, 11) is -4.72. The van der Waals surface area contributed by atoms with E-state index in [-0.39, 0.29) is 12.3 Å². The number of nitrogens with one attached hydrogen (secondary N) is 1. The molecule has 0 aromatic rings. The Morgan fingerprint density at radius 1 is 0.617 bits per heavy atom. The summed E-state index contributed by atoms with van der Waals surface area (Å²) in [6.07, 6.45) is 45.4. The topological polar surface area (TPSA) is 116 Å². The molecule has 0 radical (unpaired) electrons. The number of amides is 1. The van der Waals surface area contributed by atoms with Crippen LogP contribution in [0.5, 0.6) is 0 Å². The van der Waals surface area contributed by atoms with E-state index in [0.717, 1.165) is 44.9 Å². The molecular formula is C39H70NO6P. The van der Waals surface area contributed by atoms with Gasteiger partial charge in [0.05, 0.1) is 18.8 Å². The van der Waals surface area contributed by atoms with Crippen molar-refractivity contribution < 1.29 is 28.8 Å². The van der Waals surface area contributed by atoms with E-state index in [2.05, 4.69) is 72.3 Å². The molecule has 0 aliphatic rings. The molecule has 0 aliphatic carbocycles. The van der Waals surface area contributed by atoms with Crippen LogP contribution in [-0.4, -0.2) is 39.6 Å². The molecule has 0 saturated carbocycles. The minimum absolute atomic E-state index is 0.250. The summed E-state index contributed by atoms with van der Waals surface area (Å²) >= 11 is 0. The minimum Gasteiger partial charge on any atom is -0.387 e. The fourth-order valence-electron chi connectivity index (χ4n) is 5.10. The number of aliphatic hydroxyl groups excluding tert-OH is 1. The number of hydrogen-bond donors (Lipinski definition) is 4. The van der Waals surface area contributed by atoms with Crippen LogP contribution in [0.25, 0.3) is 0 Å². The van der Waals surface area contributed by atoms with E-state index in [1.54, 1.807) is 6.08 Å². The van der Waals surface area contributed by atoms with E-state index in [1.807, 2.05) is 6.08 Å². The summed E-state index contributed by atoms with van der Waals surface area (Å²) in [5.41, 5.74) is 0. The highest BCUT2D eigenvalue weighted by Crippen LogP contribution is 2.35. The van der Waals surface area contributed by atoms with Gasteiger partial charge in [0.2, 0.25) is 5.91 Å². The third kappa shape index (κ3) is 35.4. The van der Waals surface area contributed by atoms with Crippen LogP contribution in [0.4, 0.5) is 0 Å². The fraction of sp³-hybridized carbons (Fsp3) is 0.718. The number of rotatable bonds is 33. The SMILES string of the molecule is CCCCCCCCC/C=C\C/C=C\C/C=C\C/C=C\CCCC(=O)N[C@@H](COP(=O)(O)O)[C@H](O)/C=C/CCCCCCCCCC. The number of allylic oxidation sites excluding steroid dienone is 9. The van der Waals surface area contributed by atoms with Crippen molar-refractivity contribution in [3.8, 4) is 0 Å². The summed E-state index contributed by atoms with van der Waals surface area (Å²) in [5, 5.41) is 13.2. The molecular weight excluding hydrogens is 609 g/mol. The zero-order valence-corrected chi connectivity index (χ0v) is 30.8. The molecule has 0 spiro atoms. The summed E-state index contributed by atoms with van der Waals surface area (Å²) in [6.45, 7) is 4.00. The molecule has 0 unspecified atom stereocenters. The van der Waals surface area contributed by atoms with Gasteiger partial charge in [-0.2, -0.15) is 0 Å². The standard InChI is InChI=1S/C39H70NO6P/c1-3-5-7-9-11-13-15-16-17-18-19-20-21-22-23-24-25-27-29-31-33-35-39(42)40-37(36-46-47(43,44)45)38(41)34-32-30-28-26-14-12-10-8-6-4-2/h17-18,20-21,23-24,27,29,32,34,37-38,41H,3-16,19,22,25-26,28,30-31,33,35-36H2,1-2H3,(H,40,42)(H2,43,44,45)/b18-17-,21-20-,24-23-,29-27-,34-32+/t37-,38+/m0/s1. The van der Waals surface area contributed by atoms with Gasteiger partial charge in [-0.3, -0.25) is 9.32 Å². The van der Waals surface area contributed by atoms with Gasteiger partial charge in [-0.25, -0.2) is 4.57 Å². The largest absolute Gasteiger partial charge is 0.469 e. The number of hydrogen-bond acceptors (Lipinski definition) is 4. The normalized spacial score (nSPS) is 14.1. The van der Waals surface area contributed by atoms with E-state index in [9.17, 15) is 14.5 Å². The van der Waals surface area contributed by atoms with Crippen LogP contribution in [0, 0.1) is 0 Å². The third-order valence-electron chi connectivity index (χ3n) is 7.97. The number of aliphatic hydroxyl groups is 1. The van der Waals surface area contributed by atoms with E-state index in [0.29, 0.717) is 6.42 Å². The number of carbonyl (C=O) groups is 1. The lowest BCUT2D eigenvalue weighted by atomic mass is 10.1. The van der Waals surface area contributed by atoms with Crippen LogP contribution in [0.1, 0.15) is 162 Å². The maximum atomic E-state index is 12.5. The van der Waals surface area contributed by atoms with Gasteiger partial charge < -0.3 is 20.2 Å². The van der Waals surface area contributed by atoms with Crippen molar-refractivity contribution in [1.82, 2.24) is 5.32 Å². The first-order valence-electron chi connectivity index (χ1n) is 18.7. The number of unbranched alkanes of at least 4 members (excludes halogenated alkanes) is 16. The first-order valence-corrected chi connectivity index (χ1v) is 20.3. The van der Waals surface area contributed by atoms with Gasteiger partial charge in [0.1, 0.15) is 0 Å². The molecule has 1 amide bonds. The second-order valence-corrected chi connectivity index (χ2v) is 13.8. The Hall–Kier alpha value is -1.76. The van der Waals surface area contributed by atoms with Crippen LogP contribution in [-0.2, 0) is 13.9 Å². The Labute approximate surface area is 288 Å². The van der Waals surface area contributed by atoms with E-state index >= 15 is 0 Å². The molecule has 2 atom stereocenters. The summed E-state index contributed by atoms with van der Waals surface area (Å²) in [5.74, 6) is -0.285. The predicted octanol–water partition coefficient (Wildman–Crippen LogP) is 10.7. The zero-order valence-electron chi connectivity index (χ0n) is 29.9. The first kappa shape index (κ1) is 45.2. The van der Waals surface area contributed by atoms with Crippen LogP contribution in [0.2, 0.25) is 0 Å². The predicted molar refractivity (Wildman–Crippen MR) is 199 cm³/mol. The molecule has 0 bridgehead atoms. The quantitative estimate of drug-likeness (QED) is 0.0312. The van der Waals surface area contributed by atoms with Crippen molar-refractivity contribution in [3.63, 3.8) is 0 Å². The van der Waals surface area contributed by atoms with Crippen LogP contribution >= 0.6 is 7.82 Å². The number of phosphoric ester groups is 1. The van der Waals surface area contributed by atoms with Crippen LogP contribution < -0.4 is 5.32 Å². The molecule has 272 valence electrons. The average molecular weight is 680 g/mol. The van der Waals surface area contributed by atoms with E-state index in [1.165, 1.54) is 89.9 Å². The van der Waals surface area contributed by atoms with Gasteiger partial charge in [0.25, 0.3) is 0 Å². The smallest absolute Gasteiger partial charge is 0.387 e. The lowest BCUT2D eigenvalue weighted by molar-refractivity contribution is -0.122. The number of phosphoric acid groups is 1. The molecule has 0 aliphatic heterocycles. The fourth-order valence-corrected chi connectivity index (χ4v) is 5.45. The van der Waals surface area contributed by atoms with Gasteiger partial charge in [0, 0.05) is 6.42 Å². The van der Waals surface area contributed by atoms with Gasteiger partial charge in [-0.15, -0.1) is 0 Å². The Morgan fingerprint density at radius 3 is 1.49 bits per heavy atom. The summed E-state index contributed by atoms with van der Waals surface area (Å²) < 4.78 is 15.8. The van der Waals surface area contributed by atoms with Crippen molar-refractivity contribution in [2.75, 3.05) is 6.61 Å². The Kier molecular flexibility index (Phi) is 32.8. The second-order valence-electron chi connectivity index (χ2n) is 12.5. The van der Waals surface area contributed by atoms with Crippen LogP contribution in [0.15, 0.2) is 60.8 Å². The van der Waals surface area contributed by atoms with Crippen molar-refractivity contribution in [3.05, 3.63) is 60.8 Å². The zero-order chi connectivity index (χ0) is 34.7. The highest BCUT2D eigenvalue weighted by atomic mass is 31.2. The molecule has 0 fully saturated rings. The monoisotopic (exact) mass is 679 g/mol. The summed E-state index contributed by atoms with van der Waals surface area (Å²) in [4.78, 5) is 30.7. The Morgan fingerprint density at radius 2 is 1.02 bits per heavy atom. The number of carbonyl (C=O) groups excluding carboxylic acids is 1. The highest BCUT2D eigenvalue weighted by Gasteiger charge is 2.24. The van der Waals surface area contributed by atoms with Gasteiger partial charge >= 0.3 is 7.82 Å². The molecule has 0 heterocycles. The molecule has 0 rings (SSSR count). The maximum Gasteiger partial charge on any atom is 0.469 e. The van der Waals surface area contributed by atoms with E-state index in [4.69, 9.17) is 9.79 Å². The molecule has 7 nitrogen and oxygen atoms in total. The highest BCUT2D eigenvalue weighted by molar-refractivity contribution is 7.46. The van der Waals surface area contributed by atoms with Gasteiger partial charge in [-0.1, -0.05) is 158 Å². The molecule has 47 heavy (non-hydrogen) atoms. The Bertz CT molecular complexity index is 907. The maximum absolute atomic E-state index is 12.5. The molecule has 0 aromatic carbocycles. The third-order valence-corrected chi connectivity index (χ3v) is 8.46. The van der Waals surface area contributed by atoms with E-state index < -0.39 is 26.6 Å².